The Kier molecular flexibility index (Phi) is 3.83. The van der Waals surface area contributed by atoms with E-state index in [-0.39, 0.29) is 0 Å². The number of nitrogens with zero attached hydrogens (tertiary/aromatic N) is 2. The lowest BCUT2D eigenvalue weighted by molar-refractivity contribution is -0.275. The van der Waals surface area contributed by atoms with E-state index in [1.54, 1.807) is 0 Å². The highest BCUT2D eigenvalue weighted by atomic mass is 19.4. The Bertz CT molecular complexity index is 452. The van der Waals surface area contributed by atoms with Gasteiger partial charge in [0.2, 0.25) is 5.95 Å². The number of rotatable bonds is 3. The van der Waals surface area contributed by atoms with Gasteiger partial charge in [0.05, 0.1) is 18.2 Å². The molecule has 0 aliphatic carbocycles. The van der Waals surface area contributed by atoms with Gasteiger partial charge in [0.1, 0.15) is 6.67 Å². The van der Waals surface area contributed by atoms with Crippen LogP contribution in [-0.2, 0) is 13.1 Å². The van der Waals surface area contributed by atoms with Crippen molar-refractivity contribution in [1.29, 1.82) is 5.26 Å². The van der Waals surface area contributed by atoms with Crippen LogP contribution in [-0.4, -0.2) is 11.3 Å². The third-order valence-electron chi connectivity index (χ3n) is 1.70. The summed E-state index contributed by atoms with van der Waals surface area (Å²) in [4.78, 5) is 3.06. The quantitative estimate of drug-likeness (QED) is 0.613. The van der Waals surface area contributed by atoms with E-state index in [2.05, 4.69) is 9.72 Å². The van der Waals surface area contributed by atoms with E-state index in [0.717, 1.165) is 0 Å². The van der Waals surface area contributed by atoms with Gasteiger partial charge in [-0.3, -0.25) is 0 Å². The van der Waals surface area contributed by atoms with Gasteiger partial charge in [-0.1, -0.05) is 0 Å². The smallest absolute Gasteiger partial charge is 0.404 e. The minimum Gasteiger partial charge on any atom is -0.404 e. The molecule has 0 saturated heterocycles. The van der Waals surface area contributed by atoms with Crippen molar-refractivity contribution in [2.75, 3.05) is 0 Å². The summed E-state index contributed by atoms with van der Waals surface area (Å²) in [6.45, 7) is -1.32. The number of alkyl halides is 4. The number of hydrogen-bond donors (Lipinski definition) is 0. The van der Waals surface area contributed by atoms with Gasteiger partial charge in [-0.05, 0) is 6.07 Å². The van der Waals surface area contributed by atoms with Crippen molar-refractivity contribution >= 4 is 0 Å². The van der Waals surface area contributed by atoms with Gasteiger partial charge >= 0.3 is 6.36 Å². The Hall–Kier alpha value is -1.91. The average Bonchev–Trinajstić information content (AvgIpc) is 2.20. The van der Waals surface area contributed by atoms with Crippen LogP contribution in [0.2, 0.25) is 0 Å². The molecule has 8 heteroatoms. The molecular formula is C9H5F5N2O. The third kappa shape index (κ3) is 3.55. The van der Waals surface area contributed by atoms with Gasteiger partial charge in [0, 0.05) is 5.56 Å². The van der Waals surface area contributed by atoms with Crippen molar-refractivity contribution in [3.63, 3.8) is 0 Å². The van der Waals surface area contributed by atoms with E-state index in [1.807, 2.05) is 0 Å². The minimum absolute atomic E-state index is 0.528. The molecule has 0 aromatic carbocycles. The van der Waals surface area contributed by atoms with Crippen molar-refractivity contribution in [1.82, 2.24) is 4.98 Å². The van der Waals surface area contributed by atoms with Gasteiger partial charge in [0.25, 0.3) is 0 Å². The fraction of sp³-hybridized carbons (Fsp3) is 0.333. The first-order valence-electron chi connectivity index (χ1n) is 4.24. The Labute approximate surface area is 92.4 Å². The zero-order valence-corrected chi connectivity index (χ0v) is 8.18. The number of hydrogen-bond acceptors (Lipinski definition) is 3. The summed E-state index contributed by atoms with van der Waals surface area (Å²) in [6.07, 6.45) is -5.59. The average molecular weight is 252 g/mol. The summed E-state index contributed by atoms with van der Waals surface area (Å²) < 4.78 is 64.7. The van der Waals surface area contributed by atoms with Crippen LogP contribution < -0.4 is 4.74 Å². The van der Waals surface area contributed by atoms with Crippen LogP contribution in [0.25, 0.3) is 0 Å². The van der Waals surface area contributed by atoms with Crippen LogP contribution >= 0.6 is 0 Å². The first-order valence-corrected chi connectivity index (χ1v) is 4.24. The standard InChI is InChI=1S/C9H5F5N2O/c10-4-5-3-7(17-9(12,13)14)6(1-2-15)16-8(5)11/h3H,1,4H2. The topological polar surface area (TPSA) is 45.9 Å². The Morgan fingerprint density at radius 2 is 2.06 bits per heavy atom. The second-order valence-electron chi connectivity index (χ2n) is 2.90. The monoisotopic (exact) mass is 252 g/mol. The maximum absolute atomic E-state index is 13.0. The highest BCUT2D eigenvalue weighted by molar-refractivity contribution is 5.33. The maximum atomic E-state index is 13.0. The lowest BCUT2D eigenvalue weighted by Gasteiger charge is -2.12. The molecule has 0 fully saturated rings. The molecule has 3 nitrogen and oxygen atoms in total. The molecule has 1 heterocycles. The van der Waals surface area contributed by atoms with Gasteiger partial charge < -0.3 is 4.74 Å². The second kappa shape index (κ2) is 4.95. The van der Waals surface area contributed by atoms with E-state index in [1.165, 1.54) is 6.07 Å². The molecule has 92 valence electrons. The summed E-state index contributed by atoms with van der Waals surface area (Å²) in [5.74, 6) is -2.12. The van der Waals surface area contributed by atoms with E-state index >= 15 is 0 Å². The molecule has 0 N–H and O–H groups in total. The van der Waals surface area contributed by atoms with Crippen molar-refractivity contribution in [3.05, 3.63) is 23.3 Å². The molecular weight excluding hydrogens is 247 g/mol. The third-order valence-corrected chi connectivity index (χ3v) is 1.70. The minimum atomic E-state index is -5.02. The number of pyridine rings is 1. The number of aromatic nitrogens is 1. The summed E-state index contributed by atoms with van der Waals surface area (Å²) in [7, 11) is 0. The van der Waals surface area contributed by atoms with Gasteiger partial charge in [-0.15, -0.1) is 13.2 Å². The SMILES string of the molecule is N#CCc1nc(F)c(CF)cc1OC(F)(F)F. The summed E-state index contributed by atoms with van der Waals surface area (Å²) in [5.41, 5.74) is -1.19. The Morgan fingerprint density at radius 3 is 2.53 bits per heavy atom. The van der Waals surface area contributed by atoms with Crippen LogP contribution in [0.4, 0.5) is 22.0 Å². The Balaban J connectivity index is 3.20. The van der Waals surface area contributed by atoms with Crippen molar-refractivity contribution < 1.29 is 26.7 Å². The van der Waals surface area contributed by atoms with Crippen molar-refractivity contribution in [2.24, 2.45) is 0 Å². The highest BCUT2D eigenvalue weighted by Crippen LogP contribution is 2.27. The van der Waals surface area contributed by atoms with Gasteiger partial charge in [-0.25, -0.2) is 9.37 Å². The van der Waals surface area contributed by atoms with Crippen LogP contribution in [0.15, 0.2) is 6.07 Å². The molecule has 1 aromatic rings. The maximum Gasteiger partial charge on any atom is 0.573 e. The fourth-order valence-corrected chi connectivity index (χ4v) is 1.05. The largest absolute Gasteiger partial charge is 0.573 e. The highest BCUT2D eigenvalue weighted by Gasteiger charge is 2.33. The van der Waals surface area contributed by atoms with Crippen molar-refractivity contribution in [3.8, 4) is 11.8 Å². The molecule has 0 atom stereocenters. The summed E-state index contributed by atoms with van der Waals surface area (Å²) in [6, 6.07) is 2.05. The van der Waals surface area contributed by atoms with Crippen LogP contribution in [0.1, 0.15) is 11.3 Å². The summed E-state index contributed by atoms with van der Waals surface area (Å²) >= 11 is 0. The molecule has 1 rings (SSSR count). The van der Waals surface area contributed by atoms with Crippen LogP contribution in [0, 0.1) is 17.3 Å². The lowest BCUT2D eigenvalue weighted by atomic mass is 10.2. The number of ether oxygens (including phenoxy) is 1. The molecule has 0 aliphatic heterocycles. The zero-order valence-electron chi connectivity index (χ0n) is 8.18. The zero-order chi connectivity index (χ0) is 13.1. The molecule has 0 aliphatic rings. The molecule has 17 heavy (non-hydrogen) atoms. The molecule has 0 radical (unpaired) electrons. The molecule has 0 spiro atoms. The number of halogens is 5. The summed E-state index contributed by atoms with van der Waals surface area (Å²) in [5, 5.41) is 8.34. The van der Waals surface area contributed by atoms with Gasteiger partial charge in [-0.2, -0.15) is 9.65 Å². The first kappa shape index (κ1) is 13.2. The second-order valence-corrected chi connectivity index (χ2v) is 2.90. The molecule has 0 bridgehead atoms. The van der Waals surface area contributed by atoms with E-state index in [4.69, 9.17) is 5.26 Å². The predicted octanol–water partition coefficient (Wildman–Crippen LogP) is 2.65. The molecule has 1 aromatic heterocycles. The van der Waals surface area contributed by atoms with Crippen LogP contribution in [0.3, 0.4) is 0 Å². The van der Waals surface area contributed by atoms with E-state index < -0.39 is 42.4 Å². The van der Waals surface area contributed by atoms with E-state index in [9.17, 15) is 22.0 Å². The number of nitriles is 1. The molecule has 0 amide bonds. The van der Waals surface area contributed by atoms with Crippen LogP contribution in [0.5, 0.6) is 5.75 Å². The van der Waals surface area contributed by atoms with E-state index in [0.29, 0.717) is 6.07 Å². The van der Waals surface area contributed by atoms with Crippen molar-refractivity contribution in [2.45, 2.75) is 19.5 Å². The Morgan fingerprint density at radius 1 is 1.41 bits per heavy atom. The normalized spacial score (nSPS) is 11.1. The molecule has 0 saturated carbocycles. The molecule has 0 unspecified atom stereocenters. The lowest BCUT2D eigenvalue weighted by Crippen LogP contribution is -2.19. The predicted molar refractivity (Wildman–Crippen MR) is 45.0 cm³/mol. The first-order chi connectivity index (χ1) is 7.87. The van der Waals surface area contributed by atoms with Gasteiger partial charge in [0.15, 0.2) is 5.75 Å². The fourth-order valence-electron chi connectivity index (χ4n) is 1.05.